The molecule has 4 rings (SSSR count). The standard InChI is InChI=1S/C24H22N2O3S/c1-4-26-23(27)22(30-24(26)25-17-10-12-18(28-2)13-11-17)15-16-9-14-21(29-3)20-8-6-5-7-19(16)20/h5-15H,4H2,1-3H3/b22-15+,25-24?. The zero-order valence-corrected chi connectivity index (χ0v) is 17.9. The second-order valence-corrected chi connectivity index (χ2v) is 7.66. The summed E-state index contributed by atoms with van der Waals surface area (Å²) in [6.45, 7) is 2.51. The number of benzene rings is 3. The molecule has 0 radical (unpaired) electrons. The third-order valence-electron chi connectivity index (χ3n) is 4.93. The number of carbonyl (C=O) groups is 1. The Labute approximate surface area is 180 Å². The Balaban J connectivity index is 1.72. The van der Waals surface area contributed by atoms with E-state index in [0.717, 1.165) is 33.5 Å². The molecule has 30 heavy (non-hydrogen) atoms. The van der Waals surface area contributed by atoms with Gasteiger partial charge >= 0.3 is 0 Å². The highest BCUT2D eigenvalue weighted by molar-refractivity contribution is 8.18. The van der Waals surface area contributed by atoms with Crippen molar-refractivity contribution in [2.45, 2.75) is 6.92 Å². The van der Waals surface area contributed by atoms with E-state index in [2.05, 4.69) is 4.99 Å². The van der Waals surface area contributed by atoms with Crippen molar-refractivity contribution in [3.05, 3.63) is 71.1 Å². The highest BCUT2D eigenvalue weighted by atomic mass is 32.2. The maximum absolute atomic E-state index is 13.0. The first-order valence-corrected chi connectivity index (χ1v) is 10.5. The summed E-state index contributed by atoms with van der Waals surface area (Å²) in [5.74, 6) is 1.55. The molecule has 0 aromatic heterocycles. The molecule has 1 aliphatic rings. The van der Waals surface area contributed by atoms with Gasteiger partial charge in [-0.1, -0.05) is 30.3 Å². The number of likely N-dealkylation sites (N-methyl/N-ethyl adjacent to an activating group) is 1. The highest BCUT2D eigenvalue weighted by Gasteiger charge is 2.32. The van der Waals surface area contributed by atoms with E-state index in [1.807, 2.05) is 73.7 Å². The van der Waals surface area contributed by atoms with Crippen LogP contribution in [0.5, 0.6) is 11.5 Å². The molecule has 0 atom stereocenters. The molecule has 0 N–H and O–H groups in total. The second-order valence-electron chi connectivity index (χ2n) is 6.66. The SMILES string of the molecule is CCN1C(=O)/C(=C\c2ccc(OC)c3ccccc23)SC1=Nc1ccc(OC)cc1. The normalized spacial score (nSPS) is 16.6. The monoisotopic (exact) mass is 418 g/mol. The van der Waals surface area contributed by atoms with Gasteiger partial charge in [-0.2, -0.15) is 0 Å². The Morgan fingerprint density at radius 1 is 0.967 bits per heavy atom. The number of rotatable bonds is 5. The van der Waals surface area contributed by atoms with Crippen molar-refractivity contribution < 1.29 is 14.3 Å². The lowest BCUT2D eigenvalue weighted by Gasteiger charge is -2.12. The quantitative estimate of drug-likeness (QED) is 0.515. The summed E-state index contributed by atoms with van der Waals surface area (Å²) in [6, 6.07) is 19.4. The van der Waals surface area contributed by atoms with Gasteiger partial charge in [0, 0.05) is 11.9 Å². The summed E-state index contributed by atoms with van der Waals surface area (Å²) in [6.07, 6.45) is 1.94. The third-order valence-corrected chi connectivity index (χ3v) is 5.93. The van der Waals surface area contributed by atoms with Crippen molar-refractivity contribution in [1.29, 1.82) is 0 Å². The van der Waals surface area contributed by atoms with Crippen molar-refractivity contribution >= 4 is 45.4 Å². The Hall–Kier alpha value is -3.25. The van der Waals surface area contributed by atoms with E-state index >= 15 is 0 Å². The number of amides is 1. The van der Waals surface area contributed by atoms with Crippen LogP contribution in [0.25, 0.3) is 16.8 Å². The lowest BCUT2D eigenvalue weighted by atomic mass is 10.0. The zero-order chi connectivity index (χ0) is 21.1. The summed E-state index contributed by atoms with van der Waals surface area (Å²) >= 11 is 1.39. The van der Waals surface area contributed by atoms with Gasteiger partial charge in [0.15, 0.2) is 5.17 Å². The van der Waals surface area contributed by atoms with Gasteiger partial charge in [0.25, 0.3) is 5.91 Å². The molecule has 0 bridgehead atoms. The first-order valence-electron chi connectivity index (χ1n) is 9.64. The number of nitrogens with zero attached hydrogens (tertiary/aromatic N) is 2. The Morgan fingerprint density at radius 2 is 1.70 bits per heavy atom. The molecule has 0 aliphatic carbocycles. The molecule has 3 aromatic rings. The van der Waals surface area contributed by atoms with Gasteiger partial charge in [0.1, 0.15) is 11.5 Å². The number of aliphatic imine (C=N–C) groups is 1. The highest BCUT2D eigenvalue weighted by Crippen LogP contribution is 2.36. The minimum Gasteiger partial charge on any atom is -0.497 e. The number of hydrogen-bond donors (Lipinski definition) is 0. The Kier molecular flexibility index (Phi) is 5.77. The lowest BCUT2D eigenvalue weighted by molar-refractivity contribution is -0.122. The molecule has 3 aromatic carbocycles. The predicted octanol–water partition coefficient (Wildman–Crippen LogP) is 5.48. The van der Waals surface area contributed by atoms with Gasteiger partial charge in [0.05, 0.1) is 24.8 Å². The van der Waals surface area contributed by atoms with Gasteiger partial charge in [0.2, 0.25) is 0 Å². The van der Waals surface area contributed by atoms with E-state index in [1.54, 1.807) is 19.1 Å². The van der Waals surface area contributed by atoms with E-state index in [4.69, 9.17) is 9.47 Å². The van der Waals surface area contributed by atoms with E-state index in [9.17, 15) is 4.79 Å². The molecule has 1 fully saturated rings. The van der Waals surface area contributed by atoms with Crippen LogP contribution in [0.2, 0.25) is 0 Å². The van der Waals surface area contributed by atoms with Crippen LogP contribution in [0, 0.1) is 0 Å². The molecule has 1 heterocycles. The van der Waals surface area contributed by atoms with Crippen LogP contribution in [-0.4, -0.2) is 36.7 Å². The predicted molar refractivity (Wildman–Crippen MR) is 124 cm³/mol. The molecule has 0 unspecified atom stereocenters. The molecule has 0 spiro atoms. The smallest absolute Gasteiger partial charge is 0.266 e. The fourth-order valence-electron chi connectivity index (χ4n) is 3.38. The topological polar surface area (TPSA) is 51.1 Å². The van der Waals surface area contributed by atoms with Crippen LogP contribution >= 0.6 is 11.8 Å². The summed E-state index contributed by atoms with van der Waals surface area (Å²) in [5, 5.41) is 2.74. The van der Waals surface area contributed by atoms with Gasteiger partial charge < -0.3 is 9.47 Å². The largest absolute Gasteiger partial charge is 0.497 e. The number of carbonyl (C=O) groups excluding carboxylic acids is 1. The van der Waals surface area contributed by atoms with Crippen LogP contribution < -0.4 is 9.47 Å². The Morgan fingerprint density at radius 3 is 2.37 bits per heavy atom. The number of fused-ring (bicyclic) bond motifs is 1. The lowest BCUT2D eigenvalue weighted by Crippen LogP contribution is -2.28. The summed E-state index contributed by atoms with van der Waals surface area (Å²) < 4.78 is 10.7. The van der Waals surface area contributed by atoms with E-state index in [-0.39, 0.29) is 5.91 Å². The van der Waals surface area contributed by atoms with Gasteiger partial charge in [-0.25, -0.2) is 4.99 Å². The van der Waals surface area contributed by atoms with Crippen molar-refractivity contribution in [2.75, 3.05) is 20.8 Å². The maximum atomic E-state index is 13.0. The molecule has 1 aliphatic heterocycles. The fraction of sp³-hybridized carbons (Fsp3) is 0.167. The van der Waals surface area contributed by atoms with E-state index < -0.39 is 0 Å². The molecular weight excluding hydrogens is 396 g/mol. The van der Waals surface area contributed by atoms with Crippen LogP contribution in [0.3, 0.4) is 0 Å². The number of ether oxygens (including phenoxy) is 2. The first kappa shape index (κ1) is 20.0. The number of hydrogen-bond acceptors (Lipinski definition) is 5. The molecule has 152 valence electrons. The van der Waals surface area contributed by atoms with E-state index in [1.165, 1.54) is 11.8 Å². The first-order chi connectivity index (χ1) is 14.6. The van der Waals surface area contributed by atoms with Crippen molar-refractivity contribution in [1.82, 2.24) is 4.90 Å². The molecule has 0 saturated carbocycles. The average Bonchev–Trinajstić information content (AvgIpc) is 3.08. The summed E-state index contributed by atoms with van der Waals surface area (Å²) in [7, 11) is 3.29. The van der Waals surface area contributed by atoms with Crippen LogP contribution in [-0.2, 0) is 4.79 Å². The molecule has 5 nitrogen and oxygen atoms in total. The minimum absolute atomic E-state index is 0.0327. The van der Waals surface area contributed by atoms with Gasteiger partial charge in [-0.15, -0.1) is 0 Å². The fourth-order valence-corrected chi connectivity index (χ4v) is 4.43. The van der Waals surface area contributed by atoms with Gasteiger partial charge in [-0.05, 0) is 66.0 Å². The third kappa shape index (κ3) is 3.78. The van der Waals surface area contributed by atoms with Crippen LogP contribution in [0.15, 0.2) is 70.6 Å². The minimum atomic E-state index is -0.0327. The van der Waals surface area contributed by atoms with Crippen LogP contribution in [0.4, 0.5) is 5.69 Å². The van der Waals surface area contributed by atoms with Crippen molar-refractivity contribution in [3.8, 4) is 11.5 Å². The molecular formula is C24H22N2O3S. The summed E-state index contributed by atoms with van der Waals surface area (Å²) in [5.41, 5.74) is 1.75. The van der Waals surface area contributed by atoms with E-state index in [0.29, 0.717) is 16.6 Å². The number of amidine groups is 1. The average molecular weight is 419 g/mol. The Bertz CT molecular complexity index is 1150. The summed E-state index contributed by atoms with van der Waals surface area (Å²) in [4.78, 5) is 20.1. The van der Waals surface area contributed by atoms with Crippen LogP contribution in [0.1, 0.15) is 12.5 Å². The van der Waals surface area contributed by atoms with Crippen molar-refractivity contribution in [2.24, 2.45) is 4.99 Å². The molecule has 1 amide bonds. The number of thioether (sulfide) groups is 1. The van der Waals surface area contributed by atoms with Gasteiger partial charge in [-0.3, -0.25) is 9.69 Å². The number of methoxy groups -OCH3 is 2. The second kappa shape index (κ2) is 8.63. The maximum Gasteiger partial charge on any atom is 0.266 e. The van der Waals surface area contributed by atoms with Crippen molar-refractivity contribution in [3.63, 3.8) is 0 Å². The zero-order valence-electron chi connectivity index (χ0n) is 17.1. The molecule has 6 heteroatoms. The molecule has 1 saturated heterocycles.